The van der Waals surface area contributed by atoms with Gasteiger partial charge < -0.3 is 5.73 Å². The molecule has 17 heavy (non-hydrogen) atoms. The Bertz CT molecular complexity index is 396. The number of carbonyl (C=O) groups is 1. The second kappa shape index (κ2) is 5.97. The average molecular weight is 233 g/mol. The van der Waals surface area contributed by atoms with Crippen LogP contribution < -0.4 is 5.73 Å². The molecule has 0 aliphatic carbocycles. The van der Waals surface area contributed by atoms with Crippen LogP contribution in [0.3, 0.4) is 0 Å². The van der Waals surface area contributed by atoms with Crippen LogP contribution in [0.15, 0.2) is 18.2 Å². The molecule has 0 saturated heterocycles. The molecule has 1 atom stereocenters. The Hall–Kier alpha value is -1.15. The predicted octanol–water partition coefficient (Wildman–Crippen LogP) is 3.11. The molecule has 0 bridgehead atoms. The zero-order valence-electron chi connectivity index (χ0n) is 11.3. The smallest absolute Gasteiger partial charge is 0.167 e. The number of benzene rings is 1. The summed E-state index contributed by atoms with van der Waals surface area (Å²) in [4.78, 5) is 12.4. The van der Waals surface area contributed by atoms with E-state index in [-0.39, 0.29) is 11.7 Å². The number of Topliss-reactive ketones (excluding diaryl/α,β-unsaturated/α-hetero) is 1. The fourth-order valence-electron chi connectivity index (χ4n) is 2.10. The largest absolute Gasteiger partial charge is 0.330 e. The first-order valence-electron chi connectivity index (χ1n) is 6.27. The van der Waals surface area contributed by atoms with Gasteiger partial charge in [-0.25, -0.2) is 0 Å². The Morgan fingerprint density at radius 2 is 1.94 bits per heavy atom. The standard InChI is InChI=1S/C15H23NO/c1-10(2)7-13(9-16)15(17)14-8-11(3)5-6-12(14)4/h5-6,8,10,13H,7,9,16H2,1-4H3. The van der Waals surface area contributed by atoms with E-state index in [1.165, 1.54) is 0 Å². The highest BCUT2D eigenvalue weighted by molar-refractivity contribution is 5.99. The van der Waals surface area contributed by atoms with Crippen LogP contribution in [0.25, 0.3) is 0 Å². The number of ketones is 1. The van der Waals surface area contributed by atoms with E-state index in [1.807, 2.05) is 32.0 Å². The molecule has 2 nitrogen and oxygen atoms in total. The van der Waals surface area contributed by atoms with Gasteiger partial charge in [0.2, 0.25) is 0 Å². The molecule has 1 aromatic rings. The molecule has 0 aliphatic heterocycles. The number of hydrogen-bond acceptors (Lipinski definition) is 2. The molecule has 2 N–H and O–H groups in total. The van der Waals surface area contributed by atoms with Crippen molar-refractivity contribution in [1.82, 2.24) is 0 Å². The molecule has 2 heteroatoms. The third kappa shape index (κ3) is 3.67. The lowest BCUT2D eigenvalue weighted by Gasteiger charge is -2.17. The topological polar surface area (TPSA) is 43.1 Å². The van der Waals surface area contributed by atoms with E-state index in [1.54, 1.807) is 0 Å². The van der Waals surface area contributed by atoms with Crippen LogP contribution in [-0.4, -0.2) is 12.3 Å². The normalized spacial score (nSPS) is 12.8. The number of hydrogen-bond donors (Lipinski definition) is 1. The van der Waals surface area contributed by atoms with Crippen molar-refractivity contribution in [2.75, 3.05) is 6.54 Å². The van der Waals surface area contributed by atoms with Crippen molar-refractivity contribution >= 4 is 5.78 Å². The van der Waals surface area contributed by atoms with Crippen molar-refractivity contribution in [2.45, 2.75) is 34.1 Å². The highest BCUT2D eigenvalue weighted by Gasteiger charge is 2.21. The van der Waals surface area contributed by atoms with Gasteiger partial charge in [-0.05, 0) is 37.8 Å². The number of carbonyl (C=O) groups excluding carboxylic acids is 1. The van der Waals surface area contributed by atoms with Crippen LogP contribution in [0.5, 0.6) is 0 Å². The first kappa shape index (κ1) is 13.9. The van der Waals surface area contributed by atoms with Crippen LogP contribution in [0, 0.1) is 25.7 Å². The Labute approximate surface area is 104 Å². The molecular weight excluding hydrogens is 210 g/mol. The second-order valence-corrected chi connectivity index (χ2v) is 5.24. The van der Waals surface area contributed by atoms with Crippen molar-refractivity contribution in [1.29, 1.82) is 0 Å². The van der Waals surface area contributed by atoms with Gasteiger partial charge in [-0.3, -0.25) is 4.79 Å². The van der Waals surface area contributed by atoms with Crippen LogP contribution >= 0.6 is 0 Å². The van der Waals surface area contributed by atoms with Crippen molar-refractivity contribution < 1.29 is 4.79 Å². The van der Waals surface area contributed by atoms with Gasteiger partial charge in [-0.15, -0.1) is 0 Å². The molecule has 1 rings (SSSR count). The Balaban J connectivity index is 2.97. The molecule has 1 aromatic carbocycles. The molecule has 0 aromatic heterocycles. The fraction of sp³-hybridized carbons (Fsp3) is 0.533. The monoisotopic (exact) mass is 233 g/mol. The summed E-state index contributed by atoms with van der Waals surface area (Å²) in [5, 5.41) is 0. The van der Waals surface area contributed by atoms with E-state index >= 15 is 0 Å². The van der Waals surface area contributed by atoms with Gasteiger partial charge in [0, 0.05) is 18.0 Å². The number of nitrogens with two attached hydrogens (primary N) is 1. The second-order valence-electron chi connectivity index (χ2n) is 5.24. The number of aryl methyl sites for hydroxylation is 2. The van der Waals surface area contributed by atoms with Crippen LogP contribution in [0.4, 0.5) is 0 Å². The summed E-state index contributed by atoms with van der Waals surface area (Å²) in [5.41, 5.74) is 8.73. The van der Waals surface area contributed by atoms with Crippen LogP contribution in [-0.2, 0) is 0 Å². The van der Waals surface area contributed by atoms with Crippen molar-refractivity contribution in [3.63, 3.8) is 0 Å². The molecule has 0 spiro atoms. The minimum atomic E-state index is -0.0458. The summed E-state index contributed by atoms with van der Waals surface area (Å²) < 4.78 is 0. The lowest BCUT2D eigenvalue weighted by molar-refractivity contribution is 0.0908. The lowest BCUT2D eigenvalue weighted by Crippen LogP contribution is -2.26. The molecule has 0 saturated carbocycles. The SMILES string of the molecule is Cc1ccc(C)c(C(=O)C(CN)CC(C)C)c1. The van der Waals surface area contributed by atoms with Gasteiger partial charge in [0.1, 0.15) is 0 Å². The Morgan fingerprint density at radius 3 is 2.47 bits per heavy atom. The predicted molar refractivity (Wildman–Crippen MR) is 72.2 cm³/mol. The van der Waals surface area contributed by atoms with E-state index in [4.69, 9.17) is 5.73 Å². The summed E-state index contributed by atoms with van der Waals surface area (Å²) in [6.07, 6.45) is 0.864. The van der Waals surface area contributed by atoms with E-state index in [9.17, 15) is 4.79 Å². The molecule has 0 heterocycles. The maximum atomic E-state index is 12.4. The molecule has 0 radical (unpaired) electrons. The van der Waals surface area contributed by atoms with E-state index in [0.717, 1.165) is 23.1 Å². The van der Waals surface area contributed by atoms with Gasteiger partial charge >= 0.3 is 0 Å². The average Bonchev–Trinajstić information content (AvgIpc) is 2.28. The highest BCUT2D eigenvalue weighted by atomic mass is 16.1. The van der Waals surface area contributed by atoms with Gasteiger partial charge in [-0.1, -0.05) is 31.5 Å². The summed E-state index contributed by atoms with van der Waals surface area (Å²) in [6, 6.07) is 6.01. The zero-order valence-corrected chi connectivity index (χ0v) is 11.3. The minimum absolute atomic E-state index is 0.0458. The molecule has 0 fully saturated rings. The zero-order chi connectivity index (χ0) is 13.0. The van der Waals surface area contributed by atoms with Gasteiger partial charge in [0.05, 0.1) is 0 Å². The van der Waals surface area contributed by atoms with Crippen molar-refractivity contribution in [2.24, 2.45) is 17.6 Å². The third-order valence-corrected chi connectivity index (χ3v) is 3.07. The van der Waals surface area contributed by atoms with E-state index in [2.05, 4.69) is 13.8 Å². The first-order chi connectivity index (χ1) is 7.95. The Kier molecular flexibility index (Phi) is 4.88. The summed E-state index contributed by atoms with van der Waals surface area (Å²) >= 11 is 0. The minimum Gasteiger partial charge on any atom is -0.330 e. The van der Waals surface area contributed by atoms with Gasteiger partial charge in [0.25, 0.3) is 0 Å². The van der Waals surface area contributed by atoms with Gasteiger partial charge in [-0.2, -0.15) is 0 Å². The molecule has 0 aliphatic rings. The Morgan fingerprint density at radius 1 is 1.29 bits per heavy atom. The molecular formula is C15H23NO. The van der Waals surface area contributed by atoms with E-state index < -0.39 is 0 Å². The third-order valence-electron chi connectivity index (χ3n) is 3.07. The summed E-state index contributed by atoms with van der Waals surface area (Å²) in [6.45, 7) is 8.67. The fourth-order valence-corrected chi connectivity index (χ4v) is 2.10. The maximum Gasteiger partial charge on any atom is 0.167 e. The lowest BCUT2D eigenvalue weighted by atomic mass is 9.88. The van der Waals surface area contributed by atoms with Gasteiger partial charge in [0.15, 0.2) is 5.78 Å². The number of rotatable bonds is 5. The van der Waals surface area contributed by atoms with Crippen molar-refractivity contribution in [3.8, 4) is 0 Å². The summed E-state index contributed by atoms with van der Waals surface area (Å²) in [5.74, 6) is 0.649. The molecule has 94 valence electrons. The highest BCUT2D eigenvalue weighted by Crippen LogP contribution is 2.20. The quantitative estimate of drug-likeness (QED) is 0.794. The molecule has 0 amide bonds. The summed E-state index contributed by atoms with van der Waals surface area (Å²) in [7, 11) is 0. The van der Waals surface area contributed by atoms with E-state index in [0.29, 0.717) is 12.5 Å². The maximum absolute atomic E-state index is 12.4. The van der Waals surface area contributed by atoms with Crippen LogP contribution in [0.1, 0.15) is 41.8 Å². The first-order valence-corrected chi connectivity index (χ1v) is 6.27. The van der Waals surface area contributed by atoms with Crippen LogP contribution in [0.2, 0.25) is 0 Å². The van der Waals surface area contributed by atoms with Crippen molar-refractivity contribution in [3.05, 3.63) is 34.9 Å². The molecule has 1 unspecified atom stereocenters.